The molecule has 0 radical (unpaired) electrons. The van der Waals surface area contributed by atoms with Crippen LogP contribution in [0.25, 0.3) is 0 Å². The predicted molar refractivity (Wildman–Crippen MR) is 87.7 cm³/mol. The maximum atomic E-state index is 11.4. The quantitative estimate of drug-likeness (QED) is 0.651. The average molecular weight is 301 g/mol. The van der Waals surface area contributed by atoms with Gasteiger partial charge in [0.25, 0.3) is 0 Å². The van der Waals surface area contributed by atoms with E-state index < -0.39 is 0 Å². The molecule has 2 aromatic rings. The van der Waals surface area contributed by atoms with Gasteiger partial charge in [0.1, 0.15) is 0 Å². The summed E-state index contributed by atoms with van der Waals surface area (Å²) in [7, 11) is 1.41. The van der Waals surface area contributed by atoms with E-state index in [9.17, 15) is 4.79 Å². The summed E-state index contributed by atoms with van der Waals surface area (Å²) in [6.45, 7) is 0.686. The first-order valence-electron chi connectivity index (χ1n) is 6.74. The minimum atomic E-state index is -0.216. The van der Waals surface area contributed by atoms with E-state index in [-0.39, 0.29) is 5.97 Å². The highest BCUT2D eigenvalue weighted by Gasteiger charge is 2.07. The summed E-state index contributed by atoms with van der Waals surface area (Å²) in [5.41, 5.74) is 3.19. The van der Waals surface area contributed by atoms with E-state index >= 15 is 0 Å². The second-order valence-corrected chi connectivity index (χ2v) is 5.49. The van der Waals surface area contributed by atoms with Gasteiger partial charge in [-0.2, -0.15) is 0 Å². The van der Waals surface area contributed by atoms with Crippen molar-refractivity contribution >= 4 is 23.4 Å². The molecule has 0 spiro atoms. The zero-order chi connectivity index (χ0) is 15.1. The summed E-state index contributed by atoms with van der Waals surface area (Å²) >= 11 is 1.72. The number of rotatable bonds is 6. The van der Waals surface area contributed by atoms with Crippen LogP contribution in [0.5, 0.6) is 0 Å². The van der Waals surface area contributed by atoms with Crippen LogP contribution in [0, 0.1) is 0 Å². The largest absolute Gasteiger partial charge is 0.469 e. The highest BCUT2D eigenvalue weighted by Crippen LogP contribution is 2.20. The topological polar surface area (TPSA) is 38.3 Å². The lowest BCUT2D eigenvalue weighted by atomic mass is 10.0. The van der Waals surface area contributed by atoms with E-state index in [4.69, 9.17) is 4.74 Å². The molecule has 0 amide bonds. The number of nitrogens with one attached hydrogen (secondary N) is 1. The van der Waals surface area contributed by atoms with E-state index in [1.807, 2.05) is 36.4 Å². The van der Waals surface area contributed by atoms with E-state index in [1.165, 1.54) is 12.0 Å². The molecule has 0 unspecified atom stereocenters. The molecule has 2 rings (SSSR count). The lowest BCUT2D eigenvalue weighted by Crippen LogP contribution is -2.09. The van der Waals surface area contributed by atoms with Crippen molar-refractivity contribution < 1.29 is 9.53 Å². The number of carbonyl (C=O) groups excluding carboxylic acids is 1. The van der Waals surface area contributed by atoms with Gasteiger partial charge in [0.05, 0.1) is 13.5 Å². The van der Waals surface area contributed by atoms with Crippen molar-refractivity contribution in [1.29, 1.82) is 0 Å². The number of anilines is 1. The summed E-state index contributed by atoms with van der Waals surface area (Å²) in [6, 6.07) is 16.2. The molecule has 0 saturated carbocycles. The Kier molecular flexibility index (Phi) is 5.69. The van der Waals surface area contributed by atoms with Crippen LogP contribution in [-0.2, 0) is 22.5 Å². The lowest BCUT2D eigenvalue weighted by Gasteiger charge is -2.11. The molecular weight excluding hydrogens is 282 g/mol. The van der Waals surface area contributed by atoms with Gasteiger partial charge in [0, 0.05) is 17.1 Å². The molecule has 0 saturated heterocycles. The third-order valence-electron chi connectivity index (χ3n) is 3.23. The normalized spacial score (nSPS) is 10.2. The smallest absolute Gasteiger partial charge is 0.309 e. The van der Waals surface area contributed by atoms with Gasteiger partial charge in [-0.05, 0) is 35.6 Å². The van der Waals surface area contributed by atoms with E-state index in [2.05, 4.69) is 23.7 Å². The second kappa shape index (κ2) is 7.74. The Bertz CT molecular complexity index is 613. The molecule has 21 heavy (non-hydrogen) atoms. The van der Waals surface area contributed by atoms with Crippen molar-refractivity contribution in [3.63, 3.8) is 0 Å². The zero-order valence-corrected chi connectivity index (χ0v) is 13.1. The van der Waals surface area contributed by atoms with Gasteiger partial charge in [0.15, 0.2) is 0 Å². The van der Waals surface area contributed by atoms with E-state index in [0.717, 1.165) is 16.8 Å². The Morgan fingerprint density at radius 2 is 1.90 bits per heavy atom. The molecule has 0 aliphatic heterocycles. The summed E-state index contributed by atoms with van der Waals surface area (Å²) < 4.78 is 4.74. The van der Waals surface area contributed by atoms with Crippen LogP contribution < -0.4 is 5.32 Å². The molecule has 0 aliphatic rings. The van der Waals surface area contributed by atoms with Crippen molar-refractivity contribution in [2.45, 2.75) is 17.9 Å². The van der Waals surface area contributed by atoms with E-state index in [0.29, 0.717) is 13.0 Å². The number of hydrogen-bond donors (Lipinski definition) is 1. The fraction of sp³-hybridized carbons (Fsp3) is 0.235. The number of thioether (sulfide) groups is 1. The van der Waals surface area contributed by atoms with Gasteiger partial charge in [-0.1, -0.05) is 30.3 Å². The summed E-state index contributed by atoms with van der Waals surface area (Å²) in [4.78, 5) is 12.7. The average Bonchev–Trinajstić information content (AvgIpc) is 2.54. The van der Waals surface area contributed by atoms with Gasteiger partial charge in [-0.15, -0.1) is 11.8 Å². The molecule has 1 N–H and O–H groups in total. The number of ether oxygens (including phenoxy) is 1. The number of carbonyl (C=O) groups is 1. The molecule has 0 aromatic heterocycles. The number of esters is 1. The Balaban J connectivity index is 2.07. The molecular formula is C17H19NO2S. The van der Waals surface area contributed by atoms with Crippen molar-refractivity contribution in [3.05, 3.63) is 59.7 Å². The summed E-state index contributed by atoms with van der Waals surface area (Å²) in [5, 5.41) is 3.40. The SMILES string of the molecule is COC(=O)Cc1ccccc1CNc1cccc(SC)c1. The summed E-state index contributed by atoms with van der Waals surface area (Å²) in [5.74, 6) is -0.216. The fourth-order valence-corrected chi connectivity index (χ4v) is 2.52. The van der Waals surface area contributed by atoms with Crippen molar-refractivity contribution in [2.24, 2.45) is 0 Å². The second-order valence-electron chi connectivity index (χ2n) is 4.61. The van der Waals surface area contributed by atoms with Crippen molar-refractivity contribution in [1.82, 2.24) is 0 Å². The van der Waals surface area contributed by atoms with Crippen LogP contribution in [0.15, 0.2) is 53.4 Å². The third-order valence-corrected chi connectivity index (χ3v) is 3.96. The molecule has 0 bridgehead atoms. The van der Waals surface area contributed by atoms with E-state index in [1.54, 1.807) is 11.8 Å². The Hall–Kier alpha value is -1.94. The molecule has 0 heterocycles. The number of methoxy groups -OCH3 is 1. The summed E-state index contributed by atoms with van der Waals surface area (Å²) in [6.07, 6.45) is 2.37. The Labute approximate surface area is 129 Å². The van der Waals surface area contributed by atoms with Gasteiger partial charge in [-0.3, -0.25) is 4.79 Å². The fourth-order valence-electron chi connectivity index (χ4n) is 2.06. The highest BCUT2D eigenvalue weighted by molar-refractivity contribution is 7.98. The molecule has 3 nitrogen and oxygen atoms in total. The number of hydrogen-bond acceptors (Lipinski definition) is 4. The first-order valence-corrected chi connectivity index (χ1v) is 7.97. The highest BCUT2D eigenvalue weighted by atomic mass is 32.2. The van der Waals surface area contributed by atoms with Crippen LogP contribution >= 0.6 is 11.8 Å². The minimum Gasteiger partial charge on any atom is -0.469 e. The Morgan fingerprint density at radius 1 is 1.14 bits per heavy atom. The molecule has 4 heteroatoms. The maximum Gasteiger partial charge on any atom is 0.309 e. The predicted octanol–water partition coefficient (Wildman–Crippen LogP) is 3.74. The zero-order valence-electron chi connectivity index (χ0n) is 12.3. The Morgan fingerprint density at radius 3 is 2.62 bits per heavy atom. The maximum absolute atomic E-state index is 11.4. The minimum absolute atomic E-state index is 0.216. The van der Waals surface area contributed by atoms with Crippen LogP contribution in [-0.4, -0.2) is 19.3 Å². The monoisotopic (exact) mass is 301 g/mol. The molecule has 0 aliphatic carbocycles. The first-order chi connectivity index (χ1) is 10.2. The molecule has 2 aromatic carbocycles. The molecule has 110 valence electrons. The molecule has 0 atom stereocenters. The van der Waals surface area contributed by atoms with Crippen LogP contribution in [0.3, 0.4) is 0 Å². The van der Waals surface area contributed by atoms with Gasteiger partial charge in [0.2, 0.25) is 0 Å². The van der Waals surface area contributed by atoms with Gasteiger partial charge < -0.3 is 10.1 Å². The number of benzene rings is 2. The third kappa shape index (κ3) is 4.53. The van der Waals surface area contributed by atoms with Gasteiger partial charge >= 0.3 is 5.97 Å². The van der Waals surface area contributed by atoms with Crippen molar-refractivity contribution in [3.8, 4) is 0 Å². The van der Waals surface area contributed by atoms with Crippen LogP contribution in [0.1, 0.15) is 11.1 Å². The standard InChI is InChI=1S/C17H19NO2S/c1-20-17(19)10-13-6-3-4-7-14(13)12-18-15-8-5-9-16(11-15)21-2/h3-9,11,18H,10,12H2,1-2H3. The lowest BCUT2D eigenvalue weighted by molar-refractivity contribution is -0.139. The van der Waals surface area contributed by atoms with Gasteiger partial charge in [-0.25, -0.2) is 0 Å². The molecule has 0 fully saturated rings. The van der Waals surface area contributed by atoms with Crippen LogP contribution in [0.4, 0.5) is 5.69 Å². The van der Waals surface area contributed by atoms with Crippen LogP contribution in [0.2, 0.25) is 0 Å². The van der Waals surface area contributed by atoms with Crippen molar-refractivity contribution in [2.75, 3.05) is 18.7 Å². The first kappa shape index (κ1) is 15.4.